The van der Waals surface area contributed by atoms with E-state index in [2.05, 4.69) is 22.4 Å². The van der Waals surface area contributed by atoms with E-state index in [1.807, 2.05) is 36.1 Å². The average molecular weight is 293 g/mol. The molecule has 0 spiro atoms. The molecule has 0 saturated heterocycles. The maximum atomic E-state index is 13.0. The average Bonchev–Trinajstić information content (AvgIpc) is 3.05. The molecule has 0 saturated carbocycles. The summed E-state index contributed by atoms with van der Waals surface area (Å²) in [5.74, 6) is 0.307. The van der Waals surface area contributed by atoms with Crippen molar-refractivity contribution in [3.05, 3.63) is 59.4 Å². The first-order valence-electron chi connectivity index (χ1n) is 7.74. The molecule has 4 heteroatoms. The van der Waals surface area contributed by atoms with E-state index in [0.717, 1.165) is 36.2 Å². The molecule has 3 aromatic heterocycles. The van der Waals surface area contributed by atoms with Gasteiger partial charge in [-0.15, -0.1) is 0 Å². The molecular formula is C18H19N3O. The molecule has 0 aromatic carbocycles. The summed E-state index contributed by atoms with van der Waals surface area (Å²) in [4.78, 5) is 17.4. The lowest BCUT2D eigenvalue weighted by Gasteiger charge is -2.21. The topological polar surface area (TPSA) is 39.3 Å². The highest BCUT2D eigenvalue weighted by Gasteiger charge is 2.32. The van der Waals surface area contributed by atoms with Crippen molar-refractivity contribution < 1.29 is 4.79 Å². The van der Waals surface area contributed by atoms with Gasteiger partial charge in [0.05, 0.1) is 17.7 Å². The van der Waals surface area contributed by atoms with Gasteiger partial charge < -0.3 is 8.97 Å². The lowest BCUT2D eigenvalue weighted by molar-refractivity contribution is 0.0894. The molecule has 0 fully saturated rings. The first-order valence-corrected chi connectivity index (χ1v) is 7.74. The van der Waals surface area contributed by atoms with Gasteiger partial charge in [-0.25, -0.2) is 4.98 Å². The second kappa shape index (κ2) is 4.83. The third kappa shape index (κ3) is 1.90. The Morgan fingerprint density at radius 2 is 2.23 bits per heavy atom. The molecule has 1 unspecified atom stereocenters. The molecule has 4 rings (SSSR count). The first kappa shape index (κ1) is 13.3. The first-order chi connectivity index (χ1) is 10.6. The highest BCUT2D eigenvalue weighted by molar-refractivity contribution is 6.01. The van der Waals surface area contributed by atoms with Crippen LogP contribution in [0.1, 0.15) is 33.7 Å². The van der Waals surface area contributed by atoms with Gasteiger partial charge in [-0.1, -0.05) is 6.07 Å². The molecule has 1 aliphatic rings. The predicted octanol–water partition coefficient (Wildman–Crippen LogP) is 2.97. The molecule has 3 aromatic rings. The molecule has 112 valence electrons. The van der Waals surface area contributed by atoms with E-state index in [0.29, 0.717) is 0 Å². The number of aromatic nitrogens is 3. The Morgan fingerprint density at radius 1 is 1.36 bits per heavy atom. The van der Waals surface area contributed by atoms with Crippen LogP contribution < -0.4 is 0 Å². The van der Waals surface area contributed by atoms with Gasteiger partial charge >= 0.3 is 0 Å². The Kier molecular flexibility index (Phi) is 2.93. The second-order valence-corrected chi connectivity index (χ2v) is 6.24. The molecule has 0 bridgehead atoms. The van der Waals surface area contributed by atoms with Crippen LogP contribution in [0.5, 0.6) is 0 Å². The number of hydrogen-bond acceptors (Lipinski definition) is 2. The van der Waals surface area contributed by atoms with Gasteiger partial charge in [0.15, 0.2) is 5.78 Å². The third-order valence-electron chi connectivity index (χ3n) is 4.78. The van der Waals surface area contributed by atoms with Gasteiger partial charge in [-0.3, -0.25) is 4.79 Å². The summed E-state index contributed by atoms with van der Waals surface area (Å²) in [5, 5.41) is 0. The van der Waals surface area contributed by atoms with Crippen LogP contribution in [0.2, 0.25) is 0 Å². The SMILES string of the molecule is Cc1c2c(n3ccccc13)C(=O)C(Cc1cn(C)cn1)CC2. The highest BCUT2D eigenvalue weighted by atomic mass is 16.1. The second-order valence-electron chi connectivity index (χ2n) is 6.24. The fourth-order valence-electron chi connectivity index (χ4n) is 3.66. The molecule has 1 atom stereocenters. The maximum absolute atomic E-state index is 13.0. The molecule has 0 aliphatic heterocycles. The zero-order valence-corrected chi connectivity index (χ0v) is 12.9. The summed E-state index contributed by atoms with van der Waals surface area (Å²) < 4.78 is 4.00. The summed E-state index contributed by atoms with van der Waals surface area (Å²) in [7, 11) is 1.96. The van der Waals surface area contributed by atoms with Crippen molar-refractivity contribution in [2.45, 2.75) is 26.2 Å². The fourth-order valence-corrected chi connectivity index (χ4v) is 3.66. The Balaban J connectivity index is 1.75. The van der Waals surface area contributed by atoms with Crippen molar-refractivity contribution in [3.8, 4) is 0 Å². The largest absolute Gasteiger partial charge is 0.340 e. The Labute approximate surface area is 129 Å². The number of ketones is 1. The number of carbonyl (C=O) groups is 1. The smallest absolute Gasteiger partial charge is 0.183 e. The number of hydrogen-bond donors (Lipinski definition) is 0. The van der Waals surface area contributed by atoms with Crippen molar-refractivity contribution in [2.75, 3.05) is 0 Å². The van der Waals surface area contributed by atoms with Gasteiger partial charge in [-0.2, -0.15) is 0 Å². The zero-order chi connectivity index (χ0) is 15.3. The van der Waals surface area contributed by atoms with Crippen LogP contribution >= 0.6 is 0 Å². The fraction of sp³-hybridized carbons (Fsp3) is 0.333. The Morgan fingerprint density at radius 3 is 3.00 bits per heavy atom. The summed E-state index contributed by atoms with van der Waals surface area (Å²) in [5.41, 5.74) is 5.52. The van der Waals surface area contributed by atoms with Crippen LogP contribution in [0.3, 0.4) is 0 Å². The van der Waals surface area contributed by atoms with E-state index in [4.69, 9.17) is 0 Å². The lowest BCUT2D eigenvalue weighted by atomic mass is 9.83. The monoisotopic (exact) mass is 293 g/mol. The number of aryl methyl sites for hydroxylation is 2. The molecule has 0 amide bonds. The van der Waals surface area contributed by atoms with E-state index in [-0.39, 0.29) is 11.7 Å². The van der Waals surface area contributed by atoms with Crippen LogP contribution in [0.15, 0.2) is 36.9 Å². The number of imidazole rings is 1. The lowest BCUT2D eigenvalue weighted by Crippen LogP contribution is -2.25. The number of fused-ring (bicyclic) bond motifs is 3. The number of nitrogens with zero attached hydrogens (tertiary/aromatic N) is 3. The molecule has 3 heterocycles. The normalized spacial score (nSPS) is 17.9. The molecule has 4 nitrogen and oxygen atoms in total. The van der Waals surface area contributed by atoms with Crippen molar-refractivity contribution in [2.24, 2.45) is 13.0 Å². The standard InChI is InChI=1S/C18H19N3O/c1-12-15-7-6-13(9-14-10-20(2)11-19-14)18(22)17(15)21-8-4-3-5-16(12)21/h3-5,8,10-11,13H,6-7,9H2,1-2H3. The van der Waals surface area contributed by atoms with Crippen LogP contribution in [0.25, 0.3) is 5.52 Å². The molecular weight excluding hydrogens is 274 g/mol. The van der Waals surface area contributed by atoms with Gasteiger partial charge in [0.2, 0.25) is 0 Å². The summed E-state index contributed by atoms with van der Waals surface area (Å²) in [6.45, 7) is 2.13. The van der Waals surface area contributed by atoms with Gasteiger partial charge in [0.1, 0.15) is 0 Å². The highest BCUT2D eigenvalue weighted by Crippen LogP contribution is 2.33. The van der Waals surface area contributed by atoms with Gasteiger partial charge in [-0.05, 0) is 43.0 Å². The van der Waals surface area contributed by atoms with E-state index >= 15 is 0 Å². The zero-order valence-electron chi connectivity index (χ0n) is 12.9. The van der Waals surface area contributed by atoms with E-state index in [9.17, 15) is 4.79 Å². The number of carbonyl (C=O) groups excluding carboxylic acids is 1. The maximum Gasteiger partial charge on any atom is 0.183 e. The van der Waals surface area contributed by atoms with Gasteiger partial charge in [0, 0.05) is 37.3 Å². The number of pyridine rings is 1. The summed E-state index contributed by atoms with van der Waals surface area (Å²) >= 11 is 0. The summed E-state index contributed by atoms with van der Waals surface area (Å²) in [6, 6.07) is 6.11. The Bertz CT molecular complexity index is 872. The molecule has 1 aliphatic carbocycles. The minimum atomic E-state index is 0.0418. The molecule has 22 heavy (non-hydrogen) atoms. The summed E-state index contributed by atoms with van der Waals surface area (Å²) in [6.07, 6.45) is 8.43. The van der Waals surface area contributed by atoms with E-state index < -0.39 is 0 Å². The van der Waals surface area contributed by atoms with Crippen molar-refractivity contribution in [1.82, 2.24) is 14.0 Å². The van der Waals surface area contributed by atoms with Crippen LogP contribution in [-0.4, -0.2) is 19.7 Å². The number of Topliss-reactive ketones (excluding diaryl/α,β-unsaturated/α-hetero) is 1. The van der Waals surface area contributed by atoms with Crippen molar-refractivity contribution in [1.29, 1.82) is 0 Å². The van der Waals surface area contributed by atoms with Gasteiger partial charge in [0.25, 0.3) is 0 Å². The van der Waals surface area contributed by atoms with Crippen LogP contribution in [0.4, 0.5) is 0 Å². The minimum absolute atomic E-state index is 0.0418. The molecule has 0 N–H and O–H groups in total. The third-order valence-corrected chi connectivity index (χ3v) is 4.78. The van der Waals surface area contributed by atoms with Crippen molar-refractivity contribution >= 4 is 11.3 Å². The van der Waals surface area contributed by atoms with E-state index in [1.54, 1.807) is 6.33 Å². The van der Waals surface area contributed by atoms with E-state index in [1.165, 1.54) is 11.1 Å². The Hall–Kier alpha value is -2.36. The van der Waals surface area contributed by atoms with Crippen molar-refractivity contribution in [3.63, 3.8) is 0 Å². The molecule has 0 radical (unpaired) electrons. The quantitative estimate of drug-likeness (QED) is 0.728. The number of rotatable bonds is 2. The predicted molar refractivity (Wildman–Crippen MR) is 85.2 cm³/mol. The van der Waals surface area contributed by atoms with Crippen LogP contribution in [-0.2, 0) is 19.9 Å². The minimum Gasteiger partial charge on any atom is -0.340 e. The van der Waals surface area contributed by atoms with Crippen LogP contribution in [0, 0.1) is 12.8 Å².